The van der Waals surface area contributed by atoms with Crippen LogP contribution in [0.3, 0.4) is 0 Å². The molecule has 0 saturated carbocycles. The maximum atomic E-state index is 11.8. The Balaban J connectivity index is 2.40. The molecule has 1 aliphatic heterocycles. The van der Waals surface area contributed by atoms with Crippen molar-refractivity contribution in [3.05, 3.63) is 12.2 Å². The molecular weight excluding hydrogens is 159 g/mol. The van der Waals surface area contributed by atoms with Gasteiger partial charge in [-0.2, -0.15) is 0 Å². The van der Waals surface area contributed by atoms with Crippen molar-refractivity contribution in [1.82, 2.24) is 0 Å². The molecule has 3 atom stereocenters. The van der Waals surface area contributed by atoms with Crippen molar-refractivity contribution in [2.75, 3.05) is 12.8 Å². The Morgan fingerprint density at radius 2 is 2.45 bits per heavy atom. The van der Waals surface area contributed by atoms with Gasteiger partial charge in [-0.15, -0.1) is 0 Å². The molecular formula is C8H13O2P. The molecule has 0 aromatic heterocycles. The second-order valence-electron chi connectivity index (χ2n) is 3.83. The van der Waals surface area contributed by atoms with Crippen LogP contribution in [-0.2, 0) is 4.57 Å². The first-order chi connectivity index (χ1) is 5.05. The molecule has 0 amide bonds. The van der Waals surface area contributed by atoms with Crippen LogP contribution in [-0.4, -0.2) is 29.2 Å². The summed E-state index contributed by atoms with van der Waals surface area (Å²) in [5, 5.41) is 9.93. The highest BCUT2D eigenvalue weighted by Gasteiger charge is 2.51. The van der Waals surface area contributed by atoms with Gasteiger partial charge in [0, 0.05) is 6.16 Å². The summed E-state index contributed by atoms with van der Waals surface area (Å²) in [5.74, 6) is 0. The Hall–Kier alpha value is -0.0700. The van der Waals surface area contributed by atoms with Crippen molar-refractivity contribution in [3.63, 3.8) is 0 Å². The predicted molar refractivity (Wildman–Crippen MR) is 45.5 cm³/mol. The van der Waals surface area contributed by atoms with E-state index < -0.39 is 12.7 Å². The lowest BCUT2D eigenvalue weighted by molar-refractivity contribution is 0.0619. The number of hydrogen-bond donors (Lipinski definition) is 1. The van der Waals surface area contributed by atoms with E-state index in [0.717, 1.165) is 12.6 Å². The molecule has 1 heterocycles. The molecule has 0 radical (unpaired) electrons. The van der Waals surface area contributed by atoms with Crippen molar-refractivity contribution < 1.29 is 9.67 Å². The van der Waals surface area contributed by atoms with Gasteiger partial charge in [-0.1, -0.05) is 12.2 Å². The van der Waals surface area contributed by atoms with Crippen molar-refractivity contribution >= 4 is 7.14 Å². The van der Waals surface area contributed by atoms with Crippen LogP contribution < -0.4 is 0 Å². The van der Waals surface area contributed by atoms with Crippen molar-refractivity contribution in [2.45, 2.75) is 24.1 Å². The Labute approximate surface area is 66.7 Å². The summed E-state index contributed by atoms with van der Waals surface area (Å²) in [7, 11) is -2.05. The summed E-state index contributed by atoms with van der Waals surface area (Å²) in [6.45, 7) is 1.81. The molecule has 2 aliphatic rings. The summed E-state index contributed by atoms with van der Waals surface area (Å²) in [6.07, 6.45) is 6.04. The Morgan fingerprint density at radius 1 is 1.73 bits per heavy atom. The highest BCUT2D eigenvalue weighted by Crippen LogP contribution is 2.62. The third-order valence-corrected chi connectivity index (χ3v) is 5.86. The van der Waals surface area contributed by atoms with Crippen molar-refractivity contribution in [3.8, 4) is 0 Å². The summed E-state index contributed by atoms with van der Waals surface area (Å²) >= 11 is 0. The average Bonchev–Trinajstić information content (AvgIpc) is 2.36. The number of hydrogen-bond acceptors (Lipinski definition) is 2. The SMILES string of the molecule is CP1(=O)CCC2(O)CC=CC21. The molecule has 1 fully saturated rings. The van der Waals surface area contributed by atoms with Crippen LogP contribution in [0.5, 0.6) is 0 Å². The molecule has 0 spiro atoms. The minimum absolute atomic E-state index is 0.0324. The van der Waals surface area contributed by atoms with Gasteiger partial charge in [0.1, 0.15) is 0 Å². The van der Waals surface area contributed by atoms with E-state index >= 15 is 0 Å². The second-order valence-corrected chi connectivity index (χ2v) is 7.18. The van der Waals surface area contributed by atoms with E-state index in [9.17, 15) is 9.67 Å². The minimum Gasteiger partial charge on any atom is -0.388 e. The van der Waals surface area contributed by atoms with E-state index in [1.807, 2.05) is 18.8 Å². The van der Waals surface area contributed by atoms with Gasteiger partial charge in [-0.25, -0.2) is 0 Å². The van der Waals surface area contributed by atoms with Crippen LogP contribution in [0.1, 0.15) is 12.8 Å². The van der Waals surface area contributed by atoms with Crippen molar-refractivity contribution in [1.29, 1.82) is 0 Å². The first kappa shape index (κ1) is 7.57. The summed E-state index contributed by atoms with van der Waals surface area (Å²) in [5.41, 5.74) is -0.667. The molecule has 1 aliphatic carbocycles. The molecule has 2 nitrogen and oxygen atoms in total. The van der Waals surface area contributed by atoms with Gasteiger partial charge >= 0.3 is 0 Å². The van der Waals surface area contributed by atoms with Gasteiger partial charge in [0.2, 0.25) is 0 Å². The van der Waals surface area contributed by atoms with Crippen LogP contribution in [0.25, 0.3) is 0 Å². The molecule has 3 unspecified atom stereocenters. The normalized spacial score (nSPS) is 54.9. The van der Waals surface area contributed by atoms with Crippen LogP contribution >= 0.6 is 7.14 Å². The van der Waals surface area contributed by atoms with Gasteiger partial charge in [0.25, 0.3) is 0 Å². The van der Waals surface area contributed by atoms with Gasteiger partial charge in [0.05, 0.1) is 18.4 Å². The van der Waals surface area contributed by atoms with E-state index in [1.165, 1.54) is 0 Å². The van der Waals surface area contributed by atoms with Gasteiger partial charge in [-0.05, 0) is 19.5 Å². The quantitative estimate of drug-likeness (QED) is 0.443. The van der Waals surface area contributed by atoms with Crippen LogP contribution in [0, 0.1) is 0 Å². The maximum Gasteiger partial charge on any atom is 0.0942 e. The molecule has 62 valence electrons. The van der Waals surface area contributed by atoms with E-state index in [4.69, 9.17) is 0 Å². The Kier molecular flexibility index (Phi) is 1.37. The Morgan fingerprint density at radius 3 is 3.09 bits per heavy atom. The maximum absolute atomic E-state index is 11.8. The molecule has 0 aromatic rings. The topological polar surface area (TPSA) is 37.3 Å². The van der Waals surface area contributed by atoms with E-state index in [-0.39, 0.29) is 5.66 Å². The third kappa shape index (κ3) is 0.929. The van der Waals surface area contributed by atoms with Crippen LogP contribution in [0.4, 0.5) is 0 Å². The molecule has 1 N–H and O–H groups in total. The monoisotopic (exact) mass is 172 g/mol. The van der Waals surface area contributed by atoms with E-state index in [2.05, 4.69) is 0 Å². The smallest absolute Gasteiger partial charge is 0.0942 e. The highest BCUT2D eigenvalue weighted by atomic mass is 31.2. The zero-order valence-corrected chi connectivity index (χ0v) is 7.55. The van der Waals surface area contributed by atoms with Gasteiger partial charge < -0.3 is 9.67 Å². The zero-order valence-electron chi connectivity index (χ0n) is 6.66. The fraction of sp³-hybridized carbons (Fsp3) is 0.750. The minimum atomic E-state index is -2.05. The first-order valence-corrected chi connectivity index (χ1v) is 6.41. The highest BCUT2D eigenvalue weighted by molar-refractivity contribution is 7.64. The summed E-state index contributed by atoms with van der Waals surface area (Å²) in [4.78, 5) is 0. The summed E-state index contributed by atoms with van der Waals surface area (Å²) < 4.78 is 11.8. The number of fused-ring (bicyclic) bond motifs is 1. The van der Waals surface area contributed by atoms with E-state index in [0.29, 0.717) is 6.42 Å². The van der Waals surface area contributed by atoms with Crippen LogP contribution in [0.15, 0.2) is 12.2 Å². The van der Waals surface area contributed by atoms with Gasteiger partial charge in [-0.3, -0.25) is 0 Å². The molecule has 0 aromatic carbocycles. The lowest BCUT2D eigenvalue weighted by Crippen LogP contribution is -2.31. The molecule has 2 rings (SSSR count). The van der Waals surface area contributed by atoms with E-state index in [1.54, 1.807) is 0 Å². The number of rotatable bonds is 0. The standard InChI is InChI=1S/C8H13O2P/c1-11(10)6-5-8(9)4-2-3-7(8)11/h2-3,7,9H,4-6H2,1H3. The first-order valence-electron chi connectivity index (χ1n) is 4.00. The zero-order chi connectivity index (χ0) is 8.11. The lowest BCUT2D eigenvalue weighted by Gasteiger charge is -2.22. The Bertz CT molecular complexity index is 259. The van der Waals surface area contributed by atoms with Crippen LogP contribution in [0.2, 0.25) is 0 Å². The van der Waals surface area contributed by atoms with Gasteiger partial charge in [0.15, 0.2) is 0 Å². The fourth-order valence-electron chi connectivity index (χ4n) is 2.20. The molecule has 3 heteroatoms. The molecule has 0 bridgehead atoms. The fourth-order valence-corrected chi connectivity index (χ4v) is 5.04. The number of aliphatic hydroxyl groups is 1. The van der Waals surface area contributed by atoms with Crippen molar-refractivity contribution in [2.24, 2.45) is 0 Å². The lowest BCUT2D eigenvalue weighted by atomic mass is 9.99. The predicted octanol–water partition coefficient (Wildman–Crippen LogP) is 1.44. The largest absolute Gasteiger partial charge is 0.388 e. The average molecular weight is 172 g/mol. The second kappa shape index (κ2) is 1.99. The molecule has 1 saturated heterocycles. The molecule has 11 heavy (non-hydrogen) atoms. The summed E-state index contributed by atoms with van der Waals surface area (Å²) in [6, 6.07) is 0. The third-order valence-electron chi connectivity index (χ3n) is 2.92.